The van der Waals surface area contributed by atoms with E-state index in [4.69, 9.17) is 18.9 Å². The number of nitrogens with one attached hydrogen (secondary N) is 1. The summed E-state index contributed by atoms with van der Waals surface area (Å²) in [7, 11) is 1.66. The Balaban J connectivity index is 1.73. The third-order valence-electron chi connectivity index (χ3n) is 3.53. The summed E-state index contributed by atoms with van der Waals surface area (Å²) < 4.78 is 21.4. The van der Waals surface area contributed by atoms with Crippen molar-refractivity contribution in [1.82, 2.24) is 0 Å². The second-order valence-corrected chi connectivity index (χ2v) is 5.41. The zero-order valence-corrected chi connectivity index (χ0v) is 15.0. The molecule has 25 heavy (non-hydrogen) atoms. The lowest BCUT2D eigenvalue weighted by Crippen LogP contribution is -2.06. The predicted molar refractivity (Wildman–Crippen MR) is 99.6 cm³/mol. The van der Waals surface area contributed by atoms with E-state index in [1.807, 2.05) is 43.3 Å². The number of hydrogen-bond donors (Lipinski definition) is 1. The summed E-state index contributed by atoms with van der Waals surface area (Å²) >= 11 is 0. The van der Waals surface area contributed by atoms with Gasteiger partial charge in [-0.3, -0.25) is 0 Å². The molecule has 0 fully saturated rings. The van der Waals surface area contributed by atoms with E-state index < -0.39 is 0 Å². The van der Waals surface area contributed by atoms with Gasteiger partial charge in [0.25, 0.3) is 0 Å². The lowest BCUT2D eigenvalue weighted by Gasteiger charge is -2.10. The van der Waals surface area contributed by atoms with Crippen LogP contribution in [0.15, 0.2) is 48.5 Å². The molecule has 0 saturated carbocycles. The maximum absolute atomic E-state index is 5.61. The Morgan fingerprint density at radius 3 is 1.96 bits per heavy atom. The average molecular weight is 345 g/mol. The normalized spacial score (nSPS) is 10.5. The Morgan fingerprint density at radius 1 is 0.760 bits per heavy atom. The molecule has 0 bridgehead atoms. The Labute approximate surface area is 149 Å². The number of rotatable bonds is 12. The van der Waals surface area contributed by atoms with Gasteiger partial charge in [-0.05, 0) is 48.9 Å². The SMILES string of the molecule is CCOCCOc1ccc(CNc2ccc(OCCOC)cc2)cc1. The Kier molecular flexibility index (Phi) is 8.66. The van der Waals surface area contributed by atoms with Crippen LogP contribution in [0.4, 0.5) is 5.69 Å². The first-order chi connectivity index (χ1) is 12.3. The highest BCUT2D eigenvalue weighted by molar-refractivity contribution is 5.47. The second-order valence-electron chi connectivity index (χ2n) is 5.41. The van der Waals surface area contributed by atoms with Crippen molar-refractivity contribution in [3.05, 3.63) is 54.1 Å². The fourth-order valence-electron chi connectivity index (χ4n) is 2.18. The van der Waals surface area contributed by atoms with Crippen molar-refractivity contribution < 1.29 is 18.9 Å². The molecule has 5 nitrogen and oxygen atoms in total. The molecule has 2 rings (SSSR count). The zero-order chi connectivity index (χ0) is 17.7. The molecule has 0 atom stereocenters. The van der Waals surface area contributed by atoms with Gasteiger partial charge in [-0.25, -0.2) is 0 Å². The maximum Gasteiger partial charge on any atom is 0.119 e. The van der Waals surface area contributed by atoms with Crippen LogP contribution in [0.25, 0.3) is 0 Å². The fraction of sp³-hybridized carbons (Fsp3) is 0.400. The molecule has 2 aromatic rings. The van der Waals surface area contributed by atoms with Crippen LogP contribution in [0.5, 0.6) is 11.5 Å². The fourth-order valence-corrected chi connectivity index (χ4v) is 2.18. The summed E-state index contributed by atoms with van der Waals surface area (Å²) in [5.41, 5.74) is 2.24. The highest BCUT2D eigenvalue weighted by Crippen LogP contribution is 2.17. The number of benzene rings is 2. The summed E-state index contributed by atoms with van der Waals surface area (Å²) in [5, 5.41) is 3.39. The molecule has 0 spiro atoms. The Bertz CT molecular complexity index is 584. The van der Waals surface area contributed by atoms with Crippen LogP contribution in [-0.4, -0.2) is 40.1 Å². The molecule has 136 valence electrons. The highest BCUT2D eigenvalue weighted by Gasteiger charge is 1.98. The number of hydrogen-bond acceptors (Lipinski definition) is 5. The number of ether oxygens (including phenoxy) is 4. The quantitative estimate of drug-likeness (QED) is 0.594. The van der Waals surface area contributed by atoms with Gasteiger partial charge in [-0.2, -0.15) is 0 Å². The molecule has 1 N–H and O–H groups in total. The van der Waals surface area contributed by atoms with Crippen molar-refractivity contribution in [2.75, 3.05) is 45.5 Å². The van der Waals surface area contributed by atoms with Crippen molar-refractivity contribution in [2.45, 2.75) is 13.5 Å². The van der Waals surface area contributed by atoms with Crippen molar-refractivity contribution >= 4 is 5.69 Å². The van der Waals surface area contributed by atoms with E-state index in [2.05, 4.69) is 17.4 Å². The Hall–Kier alpha value is -2.24. The van der Waals surface area contributed by atoms with Crippen molar-refractivity contribution in [3.63, 3.8) is 0 Å². The first kappa shape index (κ1) is 19.1. The number of methoxy groups -OCH3 is 1. The van der Waals surface area contributed by atoms with Crippen molar-refractivity contribution in [3.8, 4) is 11.5 Å². The van der Waals surface area contributed by atoms with Gasteiger partial charge in [0.2, 0.25) is 0 Å². The molecule has 0 heterocycles. The number of anilines is 1. The minimum absolute atomic E-state index is 0.558. The van der Waals surface area contributed by atoms with Gasteiger partial charge in [-0.1, -0.05) is 12.1 Å². The van der Waals surface area contributed by atoms with Gasteiger partial charge in [-0.15, -0.1) is 0 Å². The summed E-state index contributed by atoms with van der Waals surface area (Å²) in [5.74, 6) is 1.71. The summed E-state index contributed by atoms with van der Waals surface area (Å²) in [4.78, 5) is 0. The average Bonchev–Trinajstić information content (AvgIpc) is 2.66. The molecular formula is C20H27NO4. The lowest BCUT2D eigenvalue weighted by atomic mass is 10.2. The standard InChI is InChI=1S/C20H27NO4/c1-3-23-13-15-25-19-8-4-17(5-9-19)16-21-18-6-10-20(11-7-18)24-14-12-22-2/h4-11,21H,3,12-16H2,1-2H3. The van der Waals surface area contributed by atoms with Gasteiger partial charge in [0, 0.05) is 25.9 Å². The van der Waals surface area contributed by atoms with Crippen LogP contribution in [0, 0.1) is 0 Å². The van der Waals surface area contributed by atoms with Crippen LogP contribution in [0.1, 0.15) is 12.5 Å². The molecule has 0 amide bonds. The van der Waals surface area contributed by atoms with Crippen LogP contribution in [0.2, 0.25) is 0 Å². The van der Waals surface area contributed by atoms with Gasteiger partial charge >= 0.3 is 0 Å². The van der Waals surface area contributed by atoms with E-state index >= 15 is 0 Å². The van der Waals surface area contributed by atoms with Crippen molar-refractivity contribution in [1.29, 1.82) is 0 Å². The molecule has 2 aromatic carbocycles. The van der Waals surface area contributed by atoms with Gasteiger partial charge < -0.3 is 24.3 Å². The minimum Gasteiger partial charge on any atom is -0.491 e. The topological polar surface area (TPSA) is 49.0 Å². The molecular weight excluding hydrogens is 318 g/mol. The molecule has 0 aliphatic carbocycles. The molecule has 0 unspecified atom stereocenters. The van der Waals surface area contributed by atoms with E-state index in [-0.39, 0.29) is 0 Å². The summed E-state index contributed by atoms with van der Waals surface area (Å²) in [6.45, 7) is 5.78. The summed E-state index contributed by atoms with van der Waals surface area (Å²) in [6, 6.07) is 16.0. The van der Waals surface area contributed by atoms with Crippen molar-refractivity contribution in [2.24, 2.45) is 0 Å². The Morgan fingerprint density at radius 2 is 1.36 bits per heavy atom. The van der Waals surface area contributed by atoms with Gasteiger partial charge in [0.1, 0.15) is 24.7 Å². The van der Waals surface area contributed by atoms with Gasteiger partial charge in [0.15, 0.2) is 0 Å². The summed E-state index contributed by atoms with van der Waals surface area (Å²) in [6.07, 6.45) is 0. The second kappa shape index (κ2) is 11.3. The van der Waals surface area contributed by atoms with Crippen LogP contribution >= 0.6 is 0 Å². The van der Waals surface area contributed by atoms with E-state index in [1.165, 1.54) is 5.56 Å². The first-order valence-electron chi connectivity index (χ1n) is 8.57. The van der Waals surface area contributed by atoms with E-state index in [0.29, 0.717) is 33.0 Å². The van der Waals surface area contributed by atoms with Crippen LogP contribution < -0.4 is 14.8 Å². The van der Waals surface area contributed by atoms with Crippen LogP contribution in [0.3, 0.4) is 0 Å². The molecule has 0 saturated heterocycles. The maximum atomic E-state index is 5.61. The highest BCUT2D eigenvalue weighted by atomic mass is 16.5. The third kappa shape index (κ3) is 7.45. The molecule has 0 aromatic heterocycles. The van der Waals surface area contributed by atoms with E-state index in [1.54, 1.807) is 7.11 Å². The zero-order valence-electron chi connectivity index (χ0n) is 15.0. The molecule has 5 heteroatoms. The van der Waals surface area contributed by atoms with E-state index in [9.17, 15) is 0 Å². The molecule has 0 aliphatic rings. The smallest absolute Gasteiger partial charge is 0.119 e. The monoisotopic (exact) mass is 345 g/mol. The lowest BCUT2D eigenvalue weighted by molar-refractivity contribution is 0.110. The third-order valence-corrected chi connectivity index (χ3v) is 3.53. The van der Waals surface area contributed by atoms with Gasteiger partial charge in [0.05, 0.1) is 13.2 Å². The molecule has 0 radical (unpaired) electrons. The predicted octanol–water partition coefficient (Wildman–Crippen LogP) is 3.74. The van der Waals surface area contributed by atoms with E-state index in [0.717, 1.165) is 23.7 Å². The first-order valence-corrected chi connectivity index (χ1v) is 8.57. The van der Waals surface area contributed by atoms with Crippen LogP contribution in [-0.2, 0) is 16.0 Å². The minimum atomic E-state index is 0.558. The molecule has 0 aliphatic heterocycles. The largest absolute Gasteiger partial charge is 0.491 e.